The number of carbonyl (C=O) groups excluding carboxylic acids is 1. The summed E-state index contributed by atoms with van der Waals surface area (Å²) >= 11 is 2.86. The van der Waals surface area contributed by atoms with Crippen molar-refractivity contribution in [2.24, 2.45) is 4.99 Å². The molecule has 13 heteroatoms. The lowest BCUT2D eigenvalue weighted by Crippen LogP contribution is -2.23. The first-order chi connectivity index (χ1) is 22.6. The molecule has 0 bridgehead atoms. The Morgan fingerprint density at radius 2 is 1.83 bits per heavy atom. The zero-order valence-electron chi connectivity index (χ0n) is 27.4. The Bertz CT molecular complexity index is 1970. The summed E-state index contributed by atoms with van der Waals surface area (Å²) in [6.45, 7) is 12.3. The first-order valence-corrected chi connectivity index (χ1v) is 20.6. The van der Waals surface area contributed by atoms with E-state index in [-0.39, 0.29) is 18.9 Å². The Kier molecular flexibility index (Phi) is 11.2. The number of aryl methyl sites for hydroxylation is 1. The highest BCUT2D eigenvalue weighted by Gasteiger charge is 2.22. The minimum atomic E-state index is -1.20. The standard InChI is InChI=1S/C34H38N6O4S2Si/c1-7-43-32(41)30-28(18-13-19-44-25-14-9-8-10-15-25)46-33(35-30)39(3)29-22-24(2)31(38-37-29)36-34-40(23-42-20-21-47(4,5)6)26-16-11-12-17-27(26)45-34/h8-12,14-17,22H,7,19-21,23H2,1-6H3/b36-34-. The number of hydrogen-bond donors (Lipinski definition) is 0. The van der Waals surface area contributed by atoms with Crippen LogP contribution in [0.15, 0.2) is 65.7 Å². The summed E-state index contributed by atoms with van der Waals surface area (Å²) in [6, 6.07) is 20.6. The van der Waals surface area contributed by atoms with E-state index in [4.69, 9.17) is 19.2 Å². The first-order valence-electron chi connectivity index (χ1n) is 15.3. The van der Waals surface area contributed by atoms with Crippen molar-refractivity contribution in [1.29, 1.82) is 0 Å². The second-order valence-corrected chi connectivity index (χ2v) is 19.4. The summed E-state index contributed by atoms with van der Waals surface area (Å²) in [4.78, 5) is 25.3. The molecule has 5 rings (SSSR count). The third kappa shape index (κ3) is 8.92. The van der Waals surface area contributed by atoms with Crippen LogP contribution in [0.4, 0.5) is 16.8 Å². The molecule has 0 saturated carbocycles. The van der Waals surface area contributed by atoms with Gasteiger partial charge in [-0.25, -0.2) is 9.78 Å². The molecule has 0 aliphatic heterocycles. The molecule has 0 aliphatic carbocycles. The summed E-state index contributed by atoms with van der Waals surface area (Å²) in [5.41, 5.74) is 2.06. The maximum Gasteiger partial charge on any atom is 0.359 e. The van der Waals surface area contributed by atoms with Crippen LogP contribution in [-0.2, 0) is 16.2 Å². The van der Waals surface area contributed by atoms with Crippen molar-refractivity contribution in [2.75, 3.05) is 31.8 Å². The molecule has 0 spiro atoms. The summed E-state index contributed by atoms with van der Waals surface area (Å²) < 4.78 is 20.2. The molecule has 0 fully saturated rings. The third-order valence-electron chi connectivity index (χ3n) is 6.92. The fourth-order valence-corrected chi connectivity index (χ4v) is 6.99. The van der Waals surface area contributed by atoms with E-state index in [1.165, 1.54) is 11.3 Å². The van der Waals surface area contributed by atoms with E-state index < -0.39 is 14.0 Å². The van der Waals surface area contributed by atoms with Gasteiger partial charge in [-0.05, 0) is 61.7 Å². The largest absolute Gasteiger partial charge is 0.481 e. The Hall–Kier alpha value is -4.35. The van der Waals surface area contributed by atoms with Crippen LogP contribution >= 0.6 is 22.7 Å². The van der Waals surface area contributed by atoms with Gasteiger partial charge in [0.15, 0.2) is 27.3 Å². The molecule has 0 unspecified atom stereocenters. The van der Waals surface area contributed by atoms with E-state index in [0.29, 0.717) is 34.1 Å². The van der Waals surface area contributed by atoms with Gasteiger partial charge in [0.1, 0.15) is 24.0 Å². The highest BCUT2D eigenvalue weighted by molar-refractivity contribution is 7.16. The van der Waals surface area contributed by atoms with Crippen molar-refractivity contribution in [3.8, 4) is 17.6 Å². The van der Waals surface area contributed by atoms with Gasteiger partial charge in [0.05, 0.1) is 16.8 Å². The van der Waals surface area contributed by atoms with Crippen molar-refractivity contribution in [2.45, 2.75) is 46.3 Å². The number of ether oxygens (including phenoxy) is 3. The van der Waals surface area contributed by atoms with E-state index in [2.05, 4.69) is 63.4 Å². The lowest BCUT2D eigenvalue weighted by atomic mass is 10.3. The zero-order chi connectivity index (χ0) is 33.4. The number of thiazole rings is 2. The predicted octanol–water partition coefficient (Wildman–Crippen LogP) is 7.18. The zero-order valence-corrected chi connectivity index (χ0v) is 30.1. The SMILES string of the molecule is CCOC(=O)c1nc(N(C)c2cc(C)c(/N=c3\sc4ccccc4n3COCC[Si](C)(C)C)nn2)sc1C#CCOc1ccccc1. The number of fused-ring (bicyclic) bond motifs is 1. The van der Waals surface area contributed by atoms with Crippen molar-refractivity contribution in [3.63, 3.8) is 0 Å². The molecule has 5 aromatic rings. The van der Waals surface area contributed by atoms with Gasteiger partial charge in [-0.2, -0.15) is 4.99 Å². The molecule has 0 radical (unpaired) electrons. The average molecular weight is 687 g/mol. The number of anilines is 2. The summed E-state index contributed by atoms with van der Waals surface area (Å²) in [5.74, 6) is 7.26. The average Bonchev–Trinajstić information content (AvgIpc) is 3.63. The van der Waals surface area contributed by atoms with E-state index >= 15 is 0 Å². The van der Waals surface area contributed by atoms with Gasteiger partial charge in [-0.1, -0.05) is 78.6 Å². The summed E-state index contributed by atoms with van der Waals surface area (Å²) in [6.07, 6.45) is 0. The van der Waals surface area contributed by atoms with Crippen LogP contribution in [0.5, 0.6) is 5.75 Å². The molecule has 47 heavy (non-hydrogen) atoms. The number of benzene rings is 2. The second-order valence-electron chi connectivity index (χ2n) is 11.8. The van der Waals surface area contributed by atoms with Crippen molar-refractivity contribution >= 4 is 63.7 Å². The Balaban J connectivity index is 1.38. The number of hydrogen-bond acceptors (Lipinski definition) is 11. The van der Waals surface area contributed by atoms with Crippen molar-refractivity contribution in [1.82, 2.24) is 19.7 Å². The van der Waals surface area contributed by atoms with Gasteiger partial charge in [0.25, 0.3) is 0 Å². The van der Waals surface area contributed by atoms with Gasteiger partial charge >= 0.3 is 5.97 Å². The fraction of sp³-hybridized carbons (Fsp3) is 0.324. The monoisotopic (exact) mass is 686 g/mol. The molecule has 0 atom stereocenters. The number of aromatic nitrogens is 4. The molecule has 0 aliphatic rings. The highest BCUT2D eigenvalue weighted by Crippen LogP contribution is 2.31. The lowest BCUT2D eigenvalue weighted by molar-refractivity contribution is 0.0520. The van der Waals surface area contributed by atoms with E-state index in [1.54, 1.807) is 23.2 Å². The molecule has 3 aromatic heterocycles. The van der Waals surface area contributed by atoms with Gasteiger partial charge < -0.3 is 19.1 Å². The van der Waals surface area contributed by atoms with Gasteiger partial charge in [0.2, 0.25) is 0 Å². The van der Waals surface area contributed by atoms with Crippen LogP contribution < -0.4 is 14.4 Å². The van der Waals surface area contributed by atoms with Crippen LogP contribution in [0.2, 0.25) is 25.7 Å². The molecule has 0 saturated heterocycles. The van der Waals surface area contributed by atoms with Crippen LogP contribution in [0, 0.1) is 18.8 Å². The number of rotatable bonds is 12. The van der Waals surface area contributed by atoms with E-state index in [1.807, 2.05) is 62.5 Å². The quantitative estimate of drug-likeness (QED) is 0.0589. The normalized spacial score (nSPS) is 11.7. The summed E-state index contributed by atoms with van der Waals surface area (Å²) in [5, 5.41) is 9.48. The maximum atomic E-state index is 12.7. The van der Waals surface area contributed by atoms with Gasteiger partial charge in [0, 0.05) is 21.7 Å². The van der Waals surface area contributed by atoms with E-state index in [0.717, 1.165) is 33.2 Å². The molecule has 0 N–H and O–H groups in total. The number of nitrogens with zero attached hydrogens (tertiary/aromatic N) is 6. The second kappa shape index (κ2) is 15.5. The highest BCUT2D eigenvalue weighted by atomic mass is 32.1. The summed E-state index contributed by atoms with van der Waals surface area (Å²) in [7, 11) is 0.620. The predicted molar refractivity (Wildman–Crippen MR) is 191 cm³/mol. The van der Waals surface area contributed by atoms with Crippen LogP contribution in [0.25, 0.3) is 10.2 Å². The van der Waals surface area contributed by atoms with Crippen LogP contribution in [-0.4, -0.2) is 60.7 Å². The topological polar surface area (TPSA) is 104 Å². The molecular formula is C34H38N6O4S2Si. The van der Waals surface area contributed by atoms with Crippen molar-refractivity contribution < 1.29 is 19.0 Å². The number of esters is 1. The first kappa shape index (κ1) is 34.0. The van der Waals surface area contributed by atoms with Crippen LogP contribution in [0.1, 0.15) is 27.9 Å². The number of carbonyl (C=O) groups is 1. The van der Waals surface area contributed by atoms with Gasteiger partial charge in [-0.15, -0.1) is 10.2 Å². The molecule has 244 valence electrons. The molecule has 3 heterocycles. The lowest BCUT2D eigenvalue weighted by Gasteiger charge is -2.16. The molecular weight excluding hydrogens is 649 g/mol. The molecule has 2 aromatic carbocycles. The Morgan fingerprint density at radius 3 is 2.57 bits per heavy atom. The van der Waals surface area contributed by atoms with Gasteiger partial charge in [-0.3, -0.25) is 4.57 Å². The molecule has 0 amide bonds. The maximum absolute atomic E-state index is 12.7. The number of para-hydroxylation sites is 2. The Labute approximate surface area is 283 Å². The smallest absolute Gasteiger partial charge is 0.359 e. The van der Waals surface area contributed by atoms with Crippen molar-refractivity contribution in [3.05, 3.63) is 81.6 Å². The Morgan fingerprint density at radius 1 is 1.06 bits per heavy atom. The minimum absolute atomic E-state index is 0.156. The van der Waals surface area contributed by atoms with Crippen LogP contribution in [0.3, 0.4) is 0 Å². The van der Waals surface area contributed by atoms with E-state index in [9.17, 15) is 4.79 Å². The fourth-order valence-electron chi connectivity index (χ4n) is 4.32. The minimum Gasteiger partial charge on any atom is -0.481 e. The third-order valence-corrected chi connectivity index (χ3v) is 10.7. The molecule has 10 nitrogen and oxygen atoms in total.